The van der Waals surface area contributed by atoms with Crippen LogP contribution in [0.1, 0.15) is 46.5 Å². The molecule has 0 bridgehead atoms. The van der Waals surface area contributed by atoms with Gasteiger partial charge >= 0.3 is 0 Å². The minimum Gasteiger partial charge on any atom is -0.106 e. The van der Waals surface area contributed by atoms with Crippen LogP contribution in [0.25, 0.3) is 0 Å². The molecule has 0 atom stereocenters. The maximum absolute atomic E-state index is 3.00. The molecule has 62 valence electrons. The molecule has 0 aliphatic rings. The molecule has 0 amide bonds. The first-order valence-electron chi connectivity index (χ1n) is 4.31. The van der Waals surface area contributed by atoms with Gasteiger partial charge in [0.25, 0.3) is 0 Å². The highest BCUT2D eigenvalue weighted by Gasteiger charge is 1.95. The fourth-order valence-corrected chi connectivity index (χ4v) is 1.13. The number of rotatable bonds is 4. The van der Waals surface area contributed by atoms with E-state index in [1.165, 1.54) is 25.7 Å². The van der Waals surface area contributed by atoms with Crippen molar-refractivity contribution in [2.24, 2.45) is 5.92 Å². The predicted octanol–water partition coefficient (Wildman–Crippen LogP) is 4.02. The summed E-state index contributed by atoms with van der Waals surface area (Å²) in [6.07, 6.45) is 5.52. The number of hydrogen-bond donors (Lipinski definition) is 0. The van der Waals surface area contributed by atoms with Crippen LogP contribution >= 0.6 is 0 Å². The second-order valence-corrected chi connectivity index (χ2v) is 2.68. The Morgan fingerprint density at radius 1 is 1.00 bits per heavy atom. The third-order valence-electron chi connectivity index (χ3n) is 1.56. The molecule has 0 unspecified atom stereocenters. The first kappa shape index (κ1) is 12.4. The summed E-state index contributed by atoms with van der Waals surface area (Å²) in [4.78, 5) is 0. The summed E-state index contributed by atoms with van der Waals surface area (Å²) in [5.41, 5.74) is 0. The quantitative estimate of drug-likeness (QED) is 0.520. The molecule has 0 saturated carbocycles. The van der Waals surface area contributed by atoms with Crippen LogP contribution in [0.3, 0.4) is 0 Å². The van der Waals surface area contributed by atoms with Gasteiger partial charge in [0.2, 0.25) is 0 Å². The smallest absolute Gasteiger partial charge is 0.0443 e. The lowest BCUT2D eigenvalue weighted by Crippen LogP contribution is -1.91. The largest absolute Gasteiger partial charge is 0.106 e. The maximum atomic E-state index is 3.00. The number of hydrogen-bond acceptors (Lipinski definition) is 0. The van der Waals surface area contributed by atoms with Gasteiger partial charge < -0.3 is 0 Å². The Morgan fingerprint density at radius 2 is 1.30 bits per heavy atom. The summed E-state index contributed by atoms with van der Waals surface area (Å²) in [5.74, 6) is 0.963. The molecule has 0 aliphatic heterocycles. The van der Waals surface area contributed by atoms with Crippen molar-refractivity contribution in [2.45, 2.75) is 46.5 Å². The highest BCUT2D eigenvalue weighted by Crippen LogP contribution is 2.10. The van der Waals surface area contributed by atoms with Crippen LogP contribution in [0.4, 0.5) is 0 Å². The Hall–Kier alpha value is -0.260. The summed E-state index contributed by atoms with van der Waals surface area (Å²) < 4.78 is 0. The van der Waals surface area contributed by atoms with Crippen molar-refractivity contribution in [1.29, 1.82) is 0 Å². The van der Waals surface area contributed by atoms with Crippen molar-refractivity contribution in [3.05, 3.63) is 13.2 Å². The van der Waals surface area contributed by atoms with E-state index in [1.807, 2.05) is 0 Å². The fourth-order valence-electron chi connectivity index (χ4n) is 1.13. The van der Waals surface area contributed by atoms with E-state index in [0.717, 1.165) is 5.92 Å². The average Bonchev–Trinajstić information content (AvgIpc) is 1.93. The molecule has 0 aromatic heterocycles. The van der Waals surface area contributed by atoms with Crippen LogP contribution in [-0.2, 0) is 0 Å². The van der Waals surface area contributed by atoms with E-state index in [4.69, 9.17) is 0 Å². The molecule has 0 saturated heterocycles. The molecule has 0 fully saturated rings. The molecule has 0 aromatic carbocycles. The van der Waals surface area contributed by atoms with Gasteiger partial charge in [0.05, 0.1) is 0 Å². The summed E-state index contributed by atoms with van der Waals surface area (Å²) in [6.45, 7) is 12.9. The zero-order valence-electron chi connectivity index (χ0n) is 7.82. The van der Waals surface area contributed by atoms with E-state index in [-0.39, 0.29) is 0 Å². The topological polar surface area (TPSA) is 0 Å². The molecule has 0 radical (unpaired) electrons. The van der Waals surface area contributed by atoms with Gasteiger partial charge in [0.1, 0.15) is 0 Å². The second kappa shape index (κ2) is 11.5. The van der Waals surface area contributed by atoms with Gasteiger partial charge in [0, 0.05) is 0 Å². The van der Waals surface area contributed by atoms with Crippen LogP contribution in [0.5, 0.6) is 0 Å². The van der Waals surface area contributed by atoms with E-state index >= 15 is 0 Å². The van der Waals surface area contributed by atoms with E-state index < -0.39 is 0 Å². The molecule has 0 rings (SSSR count). The summed E-state index contributed by atoms with van der Waals surface area (Å²) in [5, 5.41) is 0. The van der Waals surface area contributed by atoms with Gasteiger partial charge in [-0.05, 0) is 5.92 Å². The Labute approximate surface area is 66.3 Å². The summed E-state index contributed by atoms with van der Waals surface area (Å²) in [6, 6.07) is 0. The zero-order valence-corrected chi connectivity index (χ0v) is 7.82. The first-order chi connectivity index (χ1) is 4.81. The molecule has 10 heavy (non-hydrogen) atoms. The van der Waals surface area contributed by atoms with Crippen LogP contribution in [0.15, 0.2) is 13.2 Å². The SMILES string of the molecule is C=C.CCCC(C)CCC. The maximum Gasteiger partial charge on any atom is -0.0443 e. The predicted molar refractivity (Wildman–Crippen MR) is 50.2 cm³/mol. The fraction of sp³-hybridized carbons (Fsp3) is 0.800. The van der Waals surface area contributed by atoms with Gasteiger partial charge in [-0.15, -0.1) is 13.2 Å². The van der Waals surface area contributed by atoms with Gasteiger partial charge in [0.15, 0.2) is 0 Å². The third kappa shape index (κ3) is 10.7. The molecule has 0 aliphatic carbocycles. The molecule has 0 spiro atoms. The molecular formula is C10H22. The lowest BCUT2D eigenvalue weighted by molar-refractivity contribution is 0.480. The normalized spacial score (nSPS) is 8.80. The van der Waals surface area contributed by atoms with Crippen molar-refractivity contribution in [1.82, 2.24) is 0 Å². The zero-order chi connectivity index (χ0) is 8.41. The minimum atomic E-state index is 0.963. The molecule has 0 nitrogen and oxygen atoms in total. The second-order valence-electron chi connectivity index (χ2n) is 2.68. The highest BCUT2D eigenvalue weighted by atomic mass is 14.0. The Kier molecular flexibility index (Phi) is 14.3. The molecular weight excluding hydrogens is 120 g/mol. The van der Waals surface area contributed by atoms with Crippen LogP contribution in [0, 0.1) is 5.92 Å². The van der Waals surface area contributed by atoms with Crippen LogP contribution in [-0.4, -0.2) is 0 Å². The summed E-state index contributed by atoms with van der Waals surface area (Å²) in [7, 11) is 0. The van der Waals surface area contributed by atoms with Crippen molar-refractivity contribution >= 4 is 0 Å². The van der Waals surface area contributed by atoms with Gasteiger partial charge in [-0.1, -0.05) is 46.5 Å². The first-order valence-corrected chi connectivity index (χ1v) is 4.31. The van der Waals surface area contributed by atoms with Gasteiger partial charge in [-0.3, -0.25) is 0 Å². The monoisotopic (exact) mass is 142 g/mol. The van der Waals surface area contributed by atoms with E-state index in [2.05, 4.69) is 33.9 Å². The molecule has 0 aromatic rings. The van der Waals surface area contributed by atoms with Crippen molar-refractivity contribution < 1.29 is 0 Å². The van der Waals surface area contributed by atoms with E-state index in [9.17, 15) is 0 Å². The minimum absolute atomic E-state index is 0.963. The Balaban J connectivity index is 0. The standard InChI is InChI=1S/C8H18.C2H4/c1-4-6-8(3)7-5-2;1-2/h8H,4-7H2,1-3H3;1-2H2. The average molecular weight is 142 g/mol. The molecule has 0 heterocycles. The molecule has 0 heteroatoms. The molecule has 0 N–H and O–H groups in total. The van der Waals surface area contributed by atoms with Gasteiger partial charge in [-0.2, -0.15) is 0 Å². The lowest BCUT2D eigenvalue weighted by Gasteiger charge is -2.05. The Bertz CT molecular complexity index is 42.0. The highest BCUT2D eigenvalue weighted by molar-refractivity contribution is 4.48. The lowest BCUT2D eigenvalue weighted by atomic mass is 10.0. The van der Waals surface area contributed by atoms with Crippen LogP contribution in [0.2, 0.25) is 0 Å². The van der Waals surface area contributed by atoms with Crippen molar-refractivity contribution in [3.63, 3.8) is 0 Å². The van der Waals surface area contributed by atoms with E-state index in [0.29, 0.717) is 0 Å². The van der Waals surface area contributed by atoms with Crippen molar-refractivity contribution in [3.8, 4) is 0 Å². The summed E-state index contributed by atoms with van der Waals surface area (Å²) >= 11 is 0. The van der Waals surface area contributed by atoms with Gasteiger partial charge in [-0.25, -0.2) is 0 Å². The third-order valence-corrected chi connectivity index (χ3v) is 1.56. The Morgan fingerprint density at radius 3 is 1.50 bits per heavy atom. The van der Waals surface area contributed by atoms with Crippen LogP contribution < -0.4 is 0 Å². The van der Waals surface area contributed by atoms with Crippen molar-refractivity contribution in [2.75, 3.05) is 0 Å². The van der Waals surface area contributed by atoms with E-state index in [1.54, 1.807) is 0 Å².